The molecule has 110 valence electrons. The van der Waals surface area contributed by atoms with Gasteiger partial charge in [-0.3, -0.25) is 4.79 Å². The van der Waals surface area contributed by atoms with Crippen molar-refractivity contribution >= 4 is 53.2 Å². The second kappa shape index (κ2) is 5.83. The molecule has 0 spiro atoms. The molecule has 1 aromatic rings. The molecule has 0 heterocycles. The lowest BCUT2D eigenvalue weighted by Crippen LogP contribution is -2.43. The number of rotatable bonds is 3. The first kappa shape index (κ1) is 16.1. The molecule has 1 aliphatic carbocycles. The quantitative estimate of drug-likeness (QED) is 0.789. The van der Waals surface area contributed by atoms with Gasteiger partial charge in [0.25, 0.3) is 15.0 Å². The Kier molecular flexibility index (Phi) is 4.69. The molecule has 1 fully saturated rings. The van der Waals surface area contributed by atoms with Crippen molar-refractivity contribution in [1.29, 1.82) is 0 Å². The molecule has 0 atom stereocenters. The zero-order valence-electron chi connectivity index (χ0n) is 10.5. The summed E-state index contributed by atoms with van der Waals surface area (Å²) in [6.45, 7) is 2.10. The molecule has 0 aliphatic heterocycles. The Morgan fingerprint density at radius 2 is 2.00 bits per heavy atom. The van der Waals surface area contributed by atoms with Crippen LogP contribution in [0.3, 0.4) is 0 Å². The summed E-state index contributed by atoms with van der Waals surface area (Å²) in [7, 11) is 1.38. The molecule has 0 unspecified atom stereocenters. The maximum Gasteiger partial charge on any atom is 0.261 e. The van der Waals surface area contributed by atoms with Crippen molar-refractivity contribution in [2.24, 2.45) is 5.92 Å². The number of benzene rings is 1. The van der Waals surface area contributed by atoms with Crippen molar-refractivity contribution in [2.75, 3.05) is 0 Å². The van der Waals surface area contributed by atoms with Crippen LogP contribution in [0, 0.1) is 5.92 Å². The maximum absolute atomic E-state index is 12.2. The fraction of sp³-hybridized carbons (Fsp3) is 0.417. The highest BCUT2D eigenvalue weighted by atomic mass is 79.9. The summed E-state index contributed by atoms with van der Waals surface area (Å²) >= 11 is 9.17. The Labute approximate surface area is 135 Å². The second-order valence-electron chi connectivity index (χ2n) is 4.95. The average molecular weight is 401 g/mol. The van der Waals surface area contributed by atoms with Crippen LogP contribution >= 0.6 is 38.2 Å². The van der Waals surface area contributed by atoms with Gasteiger partial charge < -0.3 is 5.32 Å². The van der Waals surface area contributed by atoms with E-state index in [0.717, 1.165) is 12.8 Å². The van der Waals surface area contributed by atoms with E-state index < -0.39 is 15.0 Å². The zero-order chi connectivity index (χ0) is 15.1. The summed E-state index contributed by atoms with van der Waals surface area (Å²) in [6, 6.07) is 2.57. The average Bonchev–Trinajstić information content (AvgIpc) is 2.28. The first-order valence-electron chi connectivity index (χ1n) is 5.93. The van der Waals surface area contributed by atoms with Gasteiger partial charge in [0.1, 0.15) is 0 Å². The van der Waals surface area contributed by atoms with Crippen molar-refractivity contribution in [3.8, 4) is 0 Å². The molecule has 0 saturated heterocycles. The lowest BCUT2D eigenvalue weighted by molar-refractivity contribution is 0.0896. The Balaban J connectivity index is 2.30. The molecule has 1 N–H and O–H groups in total. The van der Waals surface area contributed by atoms with Crippen LogP contribution in [0.5, 0.6) is 0 Å². The van der Waals surface area contributed by atoms with E-state index in [-0.39, 0.29) is 21.5 Å². The predicted octanol–water partition coefficient (Wildman–Crippen LogP) is 3.56. The first-order chi connectivity index (χ1) is 9.18. The molecule has 1 aromatic carbocycles. The summed E-state index contributed by atoms with van der Waals surface area (Å²) in [5.74, 6) is 0.201. The van der Waals surface area contributed by atoms with E-state index in [9.17, 15) is 13.2 Å². The number of nitrogens with one attached hydrogen (secondary N) is 1. The summed E-state index contributed by atoms with van der Waals surface area (Å²) in [5, 5.41) is 2.99. The van der Waals surface area contributed by atoms with E-state index in [0.29, 0.717) is 10.4 Å². The van der Waals surface area contributed by atoms with E-state index in [4.69, 9.17) is 22.3 Å². The van der Waals surface area contributed by atoms with E-state index in [1.54, 1.807) is 0 Å². The molecule has 8 heteroatoms. The third-order valence-electron chi connectivity index (χ3n) is 3.24. The van der Waals surface area contributed by atoms with E-state index in [1.807, 2.05) is 0 Å². The Hall–Kier alpha value is -0.300. The van der Waals surface area contributed by atoms with Crippen molar-refractivity contribution < 1.29 is 13.2 Å². The van der Waals surface area contributed by atoms with Crippen molar-refractivity contribution in [3.63, 3.8) is 0 Å². The van der Waals surface area contributed by atoms with E-state index in [1.165, 1.54) is 12.1 Å². The van der Waals surface area contributed by atoms with E-state index >= 15 is 0 Å². The molecule has 0 bridgehead atoms. The normalized spacial score (nSPS) is 22.2. The number of carbonyl (C=O) groups excluding carboxylic acids is 1. The van der Waals surface area contributed by atoms with Gasteiger partial charge in [0, 0.05) is 21.2 Å². The minimum absolute atomic E-state index is 0.0971. The summed E-state index contributed by atoms with van der Waals surface area (Å²) in [4.78, 5) is 12.0. The van der Waals surface area contributed by atoms with Crippen molar-refractivity contribution in [2.45, 2.75) is 30.7 Å². The smallest absolute Gasteiger partial charge is 0.261 e. The second-order valence-corrected chi connectivity index (χ2v) is 8.75. The van der Waals surface area contributed by atoms with Gasteiger partial charge in [-0.05, 0) is 46.8 Å². The van der Waals surface area contributed by atoms with Gasteiger partial charge in [-0.15, -0.1) is 0 Å². The maximum atomic E-state index is 12.2. The zero-order valence-corrected chi connectivity index (χ0v) is 14.4. The van der Waals surface area contributed by atoms with Crippen LogP contribution < -0.4 is 5.32 Å². The molecule has 0 radical (unpaired) electrons. The fourth-order valence-electron chi connectivity index (χ4n) is 2.15. The highest BCUT2D eigenvalue weighted by molar-refractivity contribution is 9.10. The Morgan fingerprint density at radius 1 is 1.40 bits per heavy atom. The molecule has 1 aliphatic rings. The molecular weight excluding hydrogens is 389 g/mol. The monoisotopic (exact) mass is 399 g/mol. The van der Waals surface area contributed by atoms with Gasteiger partial charge in [0.05, 0.1) is 15.5 Å². The summed E-state index contributed by atoms with van der Waals surface area (Å²) in [5.41, 5.74) is 0.0971. The summed E-state index contributed by atoms with van der Waals surface area (Å²) < 4.78 is 23.1. The highest BCUT2D eigenvalue weighted by Gasteiger charge is 2.28. The number of amides is 1. The molecular formula is C12H12BrCl2NO3S. The molecule has 1 saturated carbocycles. The van der Waals surface area contributed by atoms with Gasteiger partial charge in [-0.1, -0.05) is 18.5 Å². The number of carbonyl (C=O) groups is 1. The largest absolute Gasteiger partial charge is 0.349 e. The van der Waals surface area contributed by atoms with Crippen LogP contribution in [0.25, 0.3) is 0 Å². The third-order valence-corrected chi connectivity index (χ3v) is 5.83. The van der Waals surface area contributed by atoms with Crippen molar-refractivity contribution in [3.05, 3.63) is 27.2 Å². The Bertz CT molecular complexity index is 657. The van der Waals surface area contributed by atoms with Crippen LogP contribution in [0.1, 0.15) is 30.1 Å². The SMILES string of the molecule is CC1CC(NC(=O)c2cc(S(=O)(=O)Cl)cc(Br)c2Cl)C1. The minimum Gasteiger partial charge on any atom is -0.349 e. The van der Waals surface area contributed by atoms with Gasteiger partial charge in [-0.25, -0.2) is 8.42 Å². The highest BCUT2D eigenvalue weighted by Crippen LogP contribution is 2.32. The Morgan fingerprint density at radius 3 is 2.50 bits per heavy atom. The van der Waals surface area contributed by atoms with Gasteiger partial charge in [0.2, 0.25) is 0 Å². The minimum atomic E-state index is -3.92. The van der Waals surface area contributed by atoms with Crippen LogP contribution in [0.4, 0.5) is 0 Å². The predicted molar refractivity (Wildman–Crippen MR) is 81.8 cm³/mol. The molecule has 2 rings (SSSR count). The number of hydrogen-bond donors (Lipinski definition) is 1. The van der Waals surface area contributed by atoms with Gasteiger partial charge in [-0.2, -0.15) is 0 Å². The number of halogens is 3. The standard InChI is InChI=1S/C12H12BrCl2NO3S/c1-6-2-7(3-6)16-12(17)9-4-8(20(15,18)19)5-10(13)11(9)14/h4-7H,2-3H2,1H3,(H,16,17). The molecule has 0 aromatic heterocycles. The molecule has 1 amide bonds. The van der Waals surface area contributed by atoms with Crippen LogP contribution in [0.15, 0.2) is 21.5 Å². The van der Waals surface area contributed by atoms with Crippen LogP contribution in [-0.2, 0) is 9.05 Å². The molecule has 20 heavy (non-hydrogen) atoms. The molecule has 4 nitrogen and oxygen atoms in total. The van der Waals surface area contributed by atoms with Gasteiger partial charge >= 0.3 is 0 Å². The summed E-state index contributed by atoms with van der Waals surface area (Å²) in [6.07, 6.45) is 1.83. The lowest BCUT2D eigenvalue weighted by atomic mass is 9.82. The first-order valence-corrected chi connectivity index (χ1v) is 9.41. The fourth-order valence-corrected chi connectivity index (χ4v) is 3.74. The number of hydrogen-bond acceptors (Lipinski definition) is 3. The van der Waals surface area contributed by atoms with Crippen LogP contribution in [-0.4, -0.2) is 20.4 Å². The van der Waals surface area contributed by atoms with Gasteiger partial charge in [0.15, 0.2) is 0 Å². The van der Waals surface area contributed by atoms with E-state index in [2.05, 4.69) is 28.2 Å². The third kappa shape index (κ3) is 3.47. The lowest BCUT2D eigenvalue weighted by Gasteiger charge is -2.33. The van der Waals surface area contributed by atoms with Crippen LogP contribution in [0.2, 0.25) is 5.02 Å². The van der Waals surface area contributed by atoms with Crippen molar-refractivity contribution in [1.82, 2.24) is 5.32 Å². The topological polar surface area (TPSA) is 63.2 Å².